The minimum Gasteiger partial charge on any atom is -0.361 e. The number of hydrogen-bond donors (Lipinski definition) is 2. The molecule has 0 unspecified atom stereocenters. The molecule has 3 nitrogen and oxygen atoms in total. The molecule has 0 saturated carbocycles. The molecule has 19 heavy (non-hydrogen) atoms. The fourth-order valence-electron chi connectivity index (χ4n) is 2.15. The topological polar surface area (TPSA) is 40.7 Å². The number of H-pyrrole nitrogens is 1. The molecule has 0 radical (unpaired) electrons. The average molecular weight is 272 g/mol. The Hall–Kier alpha value is -1.84. The second-order valence-corrected chi connectivity index (χ2v) is 4.91. The molecule has 96 valence electrons. The summed E-state index contributed by atoms with van der Waals surface area (Å²) < 4.78 is 0. The number of nitrogens with zero attached hydrogens (tertiary/aromatic N) is 1. The quantitative estimate of drug-likeness (QED) is 0.762. The van der Waals surface area contributed by atoms with E-state index in [1.54, 1.807) is 6.20 Å². The maximum atomic E-state index is 5.97. The van der Waals surface area contributed by atoms with Gasteiger partial charge >= 0.3 is 0 Å². The Morgan fingerprint density at radius 2 is 2.16 bits per heavy atom. The van der Waals surface area contributed by atoms with E-state index >= 15 is 0 Å². The summed E-state index contributed by atoms with van der Waals surface area (Å²) in [5.74, 6) is 0. The molecule has 0 aliphatic carbocycles. The van der Waals surface area contributed by atoms with Crippen LogP contribution in [-0.4, -0.2) is 9.97 Å². The summed E-state index contributed by atoms with van der Waals surface area (Å²) >= 11 is 5.97. The Morgan fingerprint density at radius 3 is 3.00 bits per heavy atom. The van der Waals surface area contributed by atoms with Gasteiger partial charge in [0.15, 0.2) is 0 Å². The Kier molecular flexibility index (Phi) is 3.49. The third kappa shape index (κ3) is 2.78. The van der Waals surface area contributed by atoms with Crippen LogP contribution in [-0.2, 0) is 13.1 Å². The highest BCUT2D eigenvalue weighted by molar-refractivity contribution is 6.31. The zero-order valence-corrected chi connectivity index (χ0v) is 11.1. The Bertz CT molecular complexity index is 676. The van der Waals surface area contributed by atoms with Crippen molar-refractivity contribution in [2.45, 2.75) is 13.1 Å². The third-order valence-electron chi connectivity index (χ3n) is 3.10. The van der Waals surface area contributed by atoms with Crippen LogP contribution in [0.1, 0.15) is 11.1 Å². The van der Waals surface area contributed by atoms with Gasteiger partial charge in [0.05, 0.1) is 0 Å². The number of rotatable bonds is 4. The van der Waals surface area contributed by atoms with Crippen molar-refractivity contribution in [1.82, 2.24) is 15.3 Å². The van der Waals surface area contributed by atoms with Gasteiger partial charge in [-0.3, -0.25) is 4.98 Å². The first-order valence-corrected chi connectivity index (χ1v) is 6.56. The molecule has 0 spiro atoms. The van der Waals surface area contributed by atoms with Crippen molar-refractivity contribution in [2.24, 2.45) is 0 Å². The fraction of sp³-hybridized carbons (Fsp3) is 0.133. The minimum absolute atomic E-state index is 0.754. The van der Waals surface area contributed by atoms with Crippen molar-refractivity contribution >= 4 is 22.5 Å². The maximum Gasteiger partial charge on any atom is 0.0472 e. The zero-order valence-electron chi connectivity index (χ0n) is 10.4. The van der Waals surface area contributed by atoms with Crippen LogP contribution in [0.3, 0.4) is 0 Å². The minimum atomic E-state index is 0.754. The van der Waals surface area contributed by atoms with Crippen molar-refractivity contribution in [3.63, 3.8) is 0 Å². The molecule has 0 amide bonds. The van der Waals surface area contributed by atoms with Crippen LogP contribution in [0.2, 0.25) is 5.02 Å². The van der Waals surface area contributed by atoms with Gasteiger partial charge in [0, 0.05) is 47.6 Å². The summed E-state index contributed by atoms with van der Waals surface area (Å²) in [6.45, 7) is 1.63. The number of benzene rings is 1. The third-order valence-corrected chi connectivity index (χ3v) is 3.33. The first-order valence-electron chi connectivity index (χ1n) is 6.18. The molecule has 1 aromatic carbocycles. The van der Waals surface area contributed by atoms with Gasteiger partial charge < -0.3 is 10.3 Å². The van der Waals surface area contributed by atoms with Crippen molar-refractivity contribution in [3.8, 4) is 0 Å². The van der Waals surface area contributed by atoms with Gasteiger partial charge in [0.1, 0.15) is 0 Å². The van der Waals surface area contributed by atoms with E-state index in [-0.39, 0.29) is 0 Å². The largest absolute Gasteiger partial charge is 0.361 e. The van der Waals surface area contributed by atoms with Crippen molar-refractivity contribution in [2.75, 3.05) is 0 Å². The van der Waals surface area contributed by atoms with Crippen LogP contribution in [0.4, 0.5) is 0 Å². The first kappa shape index (κ1) is 12.2. The molecule has 2 heterocycles. The molecule has 0 fully saturated rings. The molecule has 4 heteroatoms. The maximum absolute atomic E-state index is 5.97. The van der Waals surface area contributed by atoms with Gasteiger partial charge in [0.25, 0.3) is 0 Å². The van der Waals surface area contributed by atoms with Crippen LogP contribution >= 0.6 is 11.6 Å². The Balaban J connectivity index is 1.69. The summed E-state index contributed by atoms with van der Waals surface area (Å²) in [5, 5.41) is 5.38. The predicted octanol–water partition coefficient (Wildman–Crippen LogP) is 3.51. The molecule has 0 atom stereocenters. The van der Waals surface area contributed by atoms with Crippen molar-refractivity contribution < 1.29 is 0 Å². The molecule has 0 saturated heterocycles. The number of nitrogens with one attached hydrogen (secondary N) is 2. The second kappa shape index (κ2) is 5.43. The Labute approximate surface area is 116 Å². The zero-order chi connectivity index (χ0) is 13.1. The number of aromatic nitrogens is 2. The molecule has 2 N–H and O–H groups in total. The van der Waals surface area contributed by atoms with Crippen molar-refractivity contribution in [3.05, 3.63) is 65.1 Å². The van der Waals surface area contributed by atoms with E-state index < -0.39 is 0 Å². The monoisotopic (exact) mass is 271 g/mol. The molecule has 3 aromatic rings. The van der Waals surface area contributed by atoms with Crippen LogP contribution in [0.5, 0.6) is 0 Å². The lowest BCUT2D eigenvalue weighted by Gasteiger charge is -2.03. The number of fused-ring (bicyclic) bond motifs is 1. The standard InChI is InChI=1S/C15H14ClN3/c16-13-3-4-14-12(10-19-15(14)6-13)9-18-8-11-2-1-5-17-7-11/h1-7,10,18-19H,8-9H2. The predicted molar refractivity (Wildman–Crippen MR) is 78.1 cm³/mol. The van der Waals surface area contributed by atoms with Crippen molar-refractivity contribution in [1.29, 1.82) is 0 Å². The normalized spacial score (nSPS) is 11.0. The highest BCUT2D eigenvalue weighted by Gasteiger charge is 2.03. The molecule has 0 aliphatic rings. The molecule has 0 bridgehead atoms. The molecule has 2 aromatic heterocycles. The molecule has 3 rings (SSSR count). The van der Waals surface area contributed by atoms with E-state index in [0.29, 0.717) is 0 Å². The van der Waals surface area contributed by atoms with E-state index in [0.717, 1.165) is 23.6 Å². The SMILES string of the molecule is Clc1ccc2c(CNCc3cccnc3)c[nH]c2c1. The summed E-state index contributed by atoms with van der Waals surface area (Å²) in [4.78, 5) is 7.34. The van der Waals surface area contributed by atoms with Crippen LogP contribution in [0.15, 0.2) is 48.9 Å². The van der Waals surface area contributed by atoms with E-state index in [1.807, 2.05) is 30.6 Å². The lowest BCUT2D eigenvalue weighted by Crippen LogP contribution is -2.12. The highest BCUT2D eigenvalue weighted by Crippen LogP contribution is 2.21. The number of halogens is 1. The average Bonchev–Trinajstić information content (AvgIpc) is 2.82. The summed E-state index contributed by atoms with van der Waals surface area (Å²) in [6.07, 6.45) is 5.69. The number of hydrogen-bond acceptors (Lipinski definition) is 2. The van der Waals surface area contributed by atoms with Gasteiger partial charge in [-0.05, 0) is 29.3 Å². The highest BCUT2D eigenvalue weighted by atomic mass is 35.5. The van der Waals surface area contributed by atoms with Gasteiger partial charge in [-0.2, -0.15) is 0 Å². The molecular weight excluding hydrogens is 258 g/mol. The molecular formula is C15H14ClN3. The molecule has 0 aliphatic heterocycles. The van der Waals surface area contributed by atoms with E-state index in [9.17, 15) is 0 Å². The van der Waals surface area contributed by atoms with Gasteiger partial charge in [-0.25, -0.2) is 0 Å². The van der Waals surface area contributed by atoms with Crippen LogP contribution in [0.25, 0.3) is 10.9 Å². The van der Waals surface area contributed by atoms with E-state index in [4.69, 9.17) is 11.6 Å². The first-order chi connectivity index (χ1) is 9.33. The second-order valence-electron chi connectivity index (χ2n) is 4.47. The van der Waals surface area contributed by atoms with E-state index in [1.165, 1.54) is 16.5 Å². The van der Waals surface area contributed by atoms with Gasteiger partial charge in [-0.15, -0.1) is 0 Å². The number of aromatic amines is 1. The summed E-state index contributed by atoms with van der Waals surface area (Å²) in [5.41, 5.74) is 3.51. The number of pyridine rings is 1. The lowest BCUT2D eigenvalue weighted by molar-refractivity contribution is 0.694. The van der Waals surface area contributed by atoms with E-state index in [2.05, 4.69) is 27.4 Å². The Morgan fingerprint density at radius 1 is 1.21 bits per heavy atom. The lowest BCUT2D eigenvalue weighted by atomic mass is 10.2. The fourth-order valence-corrected chi connectivity index (χ4v) is 2.32. The van der Waals surface area contributed by atoms with Gasteiger partial charge in [0.2, 0.25) is 0 Å². The smallest absolute Gasteiger partial charge is 0.0472 e. The van der Waals surface area contributed by atoms with Crippen LogP contribution < -0.4 is 5.32 Å². The van der Waals surface area contributed by atoms with Gasteiger partial charge in [-0.1, -0.05) is 23.7 Å². The van der Waals surface area contributed by atoms with Crippen LogP contribution in [0, 0.1) is 0 Å². The summed E-state index contributed by atoms with van der Waals surface area (Å²) in [6, 6.07) is 9.93. The summed E-state index contributed by atoms with van der Waals surface area (Å²) in [7, 11) is 0.